The van der Waals surface area contributed by atoms with Crippen LogP contribution in [0.2, 0.25) is 0 Å². The fourth-order valence-electron chi connectivity index (χ4n) is 1.99. The van der Waals surface area contributed by atoms with Crippen LogP contribution in [0.15, 0.2) is 18.2 Å². The van der Waals surface area contributed by atoms with Crippen LogP contribution in [0.5, 0.6) is 0 Å². The van der Waals surface area contributed by atoms with Crippen molar-refractivity contribution in [2.75, 3.05) is 20.1 Å². The van der Waals surface area contributed by atoms with E-state index in [9.17, 15) is 0 Å². The molecule has 0 bridgehead atoms. The Morgan fingerprint density at radius 2 is 2.00 bits per heavy atom. The summed E-state index contributed by atoms with van der Waals surface area (Å²) in [6, 6.07) is 6.33. The number of aromatic nitrogens is 1. The largest absolute Gasteiger partial charge is 0.311 e. The first-order valence-corrected chi connectivity index (χ1v) is 7.46. The van der Waals surface area contributed by atoms with Gasteiger partial charge in [-0.25, -0.2) is 0 Å². The number of pyridine rings is 1. The molecule has 108 valence electrons. The molecule has 3 nitrogen and oxygen atoms in total. The molecule has 1 heterocycles. The lowest BCUT2D eigenvalue weighted by atomic mass is 10.2. The third-order valence-electron chi connectivity index (χ3n) is 3.05. The molecule has 1 rings (SSSR count). The van der Waals surface area contributed by atoms with Crippen molar-refractivity contribution in [2.45, 2.75) is 46.7 Å². The summed E-state index contributed by atoms with van der Waals surface area (Å²) in [7, 11) is 2.17. The first kappa shape index (κ1) is 16.1. The number of unbranched alkanes of at least 4 members (excludes halogenated alkanes) is 1. The minimum atomic E-state index is 0.684. The maximum absolute atomic E-state index is 4.71. The minimum Gasteiger partial charge on any atom is -0.311 e. The fourth-order valence-corrected chi connectivity index (χ4v) is 1.99. The van der Waals surface area contributed by atoms with Crippen molar-refractivity contribution >= 4 is 0 Å². The Balaban J connectivity index is 2.42. The smallest absolute Gasteiger partial charge is 0.0547 e. The van der Waals surface area contributed by atoms with Gasteiger partial charge in [-0.15, -0.1) is 0 Å². The maximum Gasteiger partial charge on any atom is 0.0547 e. The minimum absolute atomic E-state index is 0.684. The molecule has 0 amide bonds. The lowest BCUT2D eigenvalue weighted by Crippen LogP contribution is -2.21. The van der Waals surface area contributed by atoms with E-state index in [2.05, 4.69) is 56.2 Å². The van der Waals surface area contributed by atoms with Crippen molar-refractivity contribution in [3.8, 4) is 0 Å². The second-order valence-electron chi connectivity index (χ2n) is 5.74. The Bertz CT molecular complexity index is 350. The summed E-state index contributed by atoms with van der Waals surface area (Å²) in [5, 5.41) is 3.44. The molecule has 0 aliphatic heterocycles. The van der Waals surface area contributed by atoms with E-state index in [1.165, 1.54) is 18.5 Å². The molecule has 19 heavy (non-hydrogen) atoms. The number of nitrogens with zero attached hydrogens (tertiary/aromatic N) is 2. The number of nitrogens with one attached hydrogen (secondary N) is 1. The first-order valence-electron chi connectivity index (χ1n) is 7.46. The highest BCUT2D eigenvalue weighted by Gasteiger charge is 2.02. The van der Waals surface area contributed by atoms with Gasteiger partial charge in [-0.05, 0) is 44.6 Å². The Kier molecular flexibility index (Phi) is 7.68. The molecule has 1 aromatic heterocycles. The second kappa shape index (κ2) is 9.05. The van der Waals surface area contributed by atoms with E-state index in [0.717, 1.165) is 31.9 Å². The quantitative estimate of drug-likeness (QED) is 0.742. The summed E-state index contributed by atoms with van der Waals surface area (Å²) in [6.07, 6.45) is 2.50. The standard InChI is InChI=1S/C16H29N3/c1-5-6-10-19(4)13-16-9-7-8-15(18-16)12-17-11-14(2)3/h7-9,14,17H,5-6,10-13H2,1-4H3. The van der Waals surface area contributed by atoms with E-state index >= 15 is 0 Å². The summed E-state index contributed by atoms with van der Waals surface area (Å²) < 4.78 is 0. The molecule has 0 unspecified atom stereocenters. The van der Waals surface area contributed by atoms with Gasteiger partial charge in [0.25, 0.3) is 0 Å². The van der Waals surface area contributed by atoms with E-state index in [-0.39, 0.29) is 0 Å². The number of hydrogen-bond acceptors (Lipinski definition) is 3. The van der Waals surface area contributed by atoms with Crippen LogP contribution in [0.25, 0.3) is 0 Å². The van der Waals surface area contributed by atoms with E-state index in [1.807, 2.05) is 0 Å². The molecule has 0 saturated heterocycles. The van der Waals surface area contributed by atoms with Crippen molar-refractivity contribution in [3.05, 3.63) is 29.6 Å². The molecule has 3 heteroatoms. The van der Waals surface area contributed by atoms with Crippen LogP contribution >= 0.6 is 0 Å². The van der Waals surface area contributed by atoms with Crippen LogP contribution in [0.3, 0.4) is 0 Å². The monoisotopic (exact) mass is 263 g/mol. The molecular formula is C16H29N3. The van der Waals surface area contributed by atoms with E-state index in [4.69, 9.17) is 4.98 Å². The van der Waals surface area contributed by atoms with Crippen molar-refractivity contribution in [3.63, 3.8) is 0 Å². The van der Waals surface area contributed by atoms with Gasteiger partial charge in [0.1, 0.15) is 0 Å². The molecule has 0 radical (unpaired) electrons. The molecule has 0 atom stereocenters. The zero-order valence-electron chi connectivity index (χ0n) is 12.9. The van der Waals surface area contributed by atoms with E-state index in [1.54, 1.807) is 0 Å². The fraction of sp³-hybridized carbons (Fsp3) is 0.688. The highest BCUT2D eigenvalue weighted by molar-refractivity contribution is 5.11. The summed E-state index contributed by atoms with van der Waals surface area (Å²) in [6.45, 7) is 10.7. The van der Waals surface area contributed by atoms with Crippen LogP contribution in [-0.2, 0) is 13.1 Å². The molecular weight excluding hydrogens is 234 g/mol. The average Bonchev–Trinajstić information content (AvgIpc) is 2.36. The zero-order valence-corrected chi connectivity index (χ0v) is 12.9. The third kappa shape index (κ3) is 7.28. The van der Waals surface area contributed by atoms with Gasteiger partial charge in [0.05, 0.1) is 11.4 Å². The third-order valence-corrected chi connectivity index (χ3v) is 3.05. The maximum atomic E-state index is 4.71. The summed E-state index contributed by atoms with van der Waals surface area (Å²) in [5.41, 5.74) is 2.31. The molecule has 1 aromatic rings. The topological polar surface area (TPSA) is 28.2 Å². The van der Waals surface area contributed by atoms with Crippen LogP contribution < -0.4 is 5.32 Å². The van der Waals surface area contributed by atoms with Crippen LogP contribution in [0, 0.1) is 5.92 Å². The molecule has 0 saturated carbocycles. The normalized spacial score (nSPS) is 11.5. The van der Waals surface area contributed by atoms with Crippen molar-refractivity contribution in [1.29, 1.82) is 0 Å². The van der Waals surface area contributed by atoms with Gasteiger partial charge in [-0.1, -0.05) is 33.3 Å². The summed E-state index contributed by atoms with van der Waals surface area (Å²) in [4.78, 5) is 7.06. The Morgan fingerprint density at radius 1 is 1.26 bits per heavy atom. The van der Waals surface area contributed by atoms with Crippen LogP contribution in [0.4, 0.5) is 0 Å². The van der Waals surface area contributed by atoms with Crippen molar-refractivity contribution < 1.29 is 0 Å². The summed E-state index contributed by atoms with van der Waals surface area (Å²) >= 11 is 0. The predicted molar refractivity (Wildman–Crippen MR) is 82.0 cm³/mol. The molecule has 0 aliphatic rings. The average molecular weight is 263 g/mol. The SMILES string of the molecule is CCCCN(C)Cc1cccc(CNCC(C)C)n1. The molecule has 1 N–H and O–H groups in total. The van der Waals surface area contributed by atoms with Gasteiger partial charge in [-0.2, -0.15) is 0 Å². The highest BCUT2D eigenvalue weighted by Crippen LogP contribution is 2.04. The number of rotatable bonds is 9. The zero-order chi connectivity index (χ0) is 14.1. The number of hydrogen-bond donors (Lipinski definition) is 1. The predicted octanol–water partition coefficient (Wildman–Crippen LogP) is 3.06. The molecule has 0 aromatic carbocycles. The second-order valence-corrected chi connectivity index (χ2v) is 5.74. The molecule has 0 aliphatic carbocycles. The van der Waals surface area contributed by atoms with E-state index < -0.39 is 0 Å². The van der Waals surface area contributed by atoms with Gasteiger partial charge in [0, 0.05) is 13.1 Å². The van der Waals surface area contributed by atoms with Crippen molar-refractivity contribution in [1.82, 2.24) is 15.2 Å². The van der Waals surface area contributed by atoms with E-state index in [0.29, 0.717) is 5.92 Å². The van der Waals surface area contributed by atoms with Gasteiger partial charge in [-0.3, -0.25) is 4.98 Å². The van der Waals surface area contributed by atoms with Gasteiger partial charge in [0.15, 0.2) is 0 Å². The Hall–Kier alpha value is -0.930. The van der Waals surface area contributed by atoms with Gasteiger partial charge >= 0.3 is 0 Å². The summed E-state index contributed by atoms with van der Waals surface area (Å²) in [5.74, 6) is 0.684. The molecule has 0 spiro atoms. The van der Waals surface area contributed by atoms with Crippen molar-refractivity contribution in [2.24, 2.45) is 5.92 Å². The lowest BCUT2D eigenvalue weighted by Gasteiger charge is -2.16. The van der Waals surface area contributed by atoms with Gasteiger partial charge < -0.3 is 10.2 Å². The van der Waals surface area contributed by atoms with Gasteiger partial charge in [0.2, 0.25) is 0 Å². The first-order chi connectivity index (χ1) is 9.11. The Labute approximate surface area is 118 Å². The Morgan fingerprint density at radius 3 is 2.68 bits per heavy atom. The lowest BCUT2D eigenvalue weighted by molar-refractivity contribution is 0.316. The van der Waals surface area contributed by atoms with Crippen LogP contribution in [0.1, 0.15) is 45.0 Å². The molecule has 0 fully saturated rings. The highest BCUT2D eigenvalue weighted by atomic mass is 15.1. The van der Waals surface area contributed by atoms with Crippen LogP contribution in [-0.4, -0.2) is 30.0 Å².